The normalized spacial score (nSPS) is 11.0. The fourth-order valence-corrected chi connectivity index (χ4v) is 2.85. The van der Waals surface area contributed by atoms with E-state index in [9.17, 15) is 9.59 Å². The molecule has 24 heavy (non-hydrogen) atoms. The summed E-state index contributed by atoms with van der Waals surface area (Å²) in [4.78, 5) is 24.2. The van der Waals surface area contributed by atoms with Crippen LogP contribution < -0.4 is 11.0 Å². The molecule has 2 aromatic carbocycles. The molecule has 5 nitrogen and oxygen atoms in total. The molecule has 3 rings (SSSR count). The molecule has 0 saturated heterocycles. The summed E-state index contributed by atoms with van der Waals surface area (Å²) in [5, 5.41) is 3.60. The van der Waals surface area contributed by atoms with Gasteiger partial charge in [0.2, 0.25) is 0 Å². The van der Waals surface area contributed by atoms with Gasteiger partial charge in [0.15, 0.2) is 0 Å². The zero-order valence-corrected chi connectivity index (χ0v) is 14.3. The summed E-state index contributed by atoms with van der Waals surface area (Å²) in [6, 6.07) is 12.8. The van der Waals surface area contributed by atoms with Crippen molar-refractivity contribution in [2.45, 2.75) is 6.42 Å². The SMILES string of the molecule is Cn1c(=O)n(C)c2cc(C(=O)NCCc3ccc(Cl)cc3)ccc21. The Balaban J connectivity index is 1.71. The minimum atomic E-state index is -0.151. The van der Waals surface area contributed by atoms with Crippen LogP contribution in [0.2, 0.25) is 5.02 Å². The van der Waals surface area contributed by atoms with E-state index in [2.05, 4.69) is 5.32 Å². The molecule has 3 aromatic rings. The fraction of sp³-hybridized carbons (Fsp3) is 0.222. The Morgan fingerprint density at radius 3 is 2.42 bits per heavy atom. The van der Waals surface area contributed by atoms with E-state index in [1.165, 1.54) is 0 Å². The van der Waals surface area contributed by atoms with E-state index in [0.717, 1.165) is 23.0 Å². The predicted molar refractivity (Wildman–Crippen MR) is 95.6 cm³/mol. The van der Waals surface area contributed by atoms with E-state index in [1.807, 2.05) is 24.3 Å². The maximum Gasteiger partial charge on any atom is 0.328 e. The molecular weight excluding hydrogens is 326 g/mol. The highest BCUT2D eigenvalue weighted by Crippen LogP contribution is 2.14. The zero-order chi connectivity index (χ0) is 17.3. The van der Waals surface area contributed by atoms with Crippen molar-refractivity contribution in [3.8, 4) is 0 Å². The first-order valence-electron chi connectivity index (χ1n) is 7.65. The van der Waals surface area contributed by atoms with Crippen LogP contribution in [0.25, 0.3) is 11.0 Å². The number of carbonyl (C=O) groups is 1. The molecule has 0 unspecified atom stereocenters. The maximum atomic E-state index is 12.3. The number of nitrogens with zero attached hydrogens (tertiary/aromatic N) is 2. The van der Waals surface area contributed by atoms with Crippen molar-refractivity contribution in [3.63, 3.8) is 0 Å². The number of benzene rings is 2. The van der Waals surface area contributed by atoms with Gasteiger partial charge in [-0.1, -0.05) is 23.7 Å². The summed E-state index contributed by atoms with van der Waals surface area (Å²) in [5.41, 5.74) is 3.10. The highest BCUT2D eigenvalue weighted by atomic mass is 35.5. The van der Waals surface area contributed by atoms with Crippen LogP contribution in [0, 0.1) is 0 Å². The van der Waals surface area contributed by atoms with E-state index in [4.69, 9.17) is 11.6 Å². The van der Waals surface area contributed by atoms with Gasteiger partial charge in [-0.2, -0.15) is 0 Å². The minimum absolute atomic E-state index is 0.106. The van der Waals surface area contributed by atoms with Crippen LogP contribution in [0.3, 0.4) is 0 Å². The van der Waals surface area contributed by atoms with Crippen molar-refractivity contribution in [2.75, 3.05) is 6.54 Å². The number of fused-ring (bicyclic) bond motifs is 1. The third kappa shape index (κ3) is 3.08. The quantitative estimate of drug-likeness (QED) is 0.791. The molecule has 0 aliphatic heterocycles. The van der Waals surface area contributed by atoms with Gasteiger partial charge in [-0.3, -0.25) is 13.9 Å². The molecule has 1 amide bonds. The monoisotopic (exact) mass is 343 g/mol. The van der Waals surface area contributed by atoms with Crippen molar-refractivity contribution in [1.29, 1.82) is 0 Å². The van der Waals surface area contributed by atoms with Gasteiger partial charge < -0.3 is 5.32 Å². The Kier molecular flexibility index (Phi) is 4.44. The highest BCUT2D eigenvalue weighted by molar-refractivity contribution is 6.30. The van der Waals surface area contributed by atoms with Crippen LogP contribution in [-0.4, -0.2) is 21.6 Å². The molecule has 0 fully saturated rings. The molecule has 0 aliphatic carbocycles. The molecule has 1 heterocycles. The zero-order valence-electron chi connectivity index (χ0n) is 13.5. The molecule has 124 valence electrons. The van der Waals surface area contributed by atoms with Gasteiger partial charge in [-0.15, -0.1) is 0 Å². The first-order valence-corrected chi connectivity index (χ1v) is 8.03. The van der Waals surface area contributed by atoms with E-state index >= 15 is 0 Å². The topological polar surface area (TPSA) is 56.0 Å². The number of aryl methyl sites for hydroxylation is 2. The summed E-state index contributed by atoms with van der Waals surface area (Å²) < 4.78 is 3.11. The number of amides is 1. The molecule has 1 N–H and O–H groups in total. The number of halogens is 1. The van der Waals surface area contributed by atoms with Crippen LogP contribution in [0.5, 0.6) is 0 Å². The van der Waals surface area contributed by atoms with Crippen LogP contribution in [0.4, 0.5) is 0 Å². The second kappa shape index (κ2) is 6.53. The summed E-state index contributed by atoms with van der Waals surface area (Å²) in [5.74, 6) is -0.151. The van der Waals surface area contributed by atoms with Gasteiger partial charge in [0, 0.05) is 31.2 Å². The van der Waals surface area contributed by atoms with Gasteiger partial charge >= 0.3 is 5.69 Å². The molecule has 0 aliphatic rings. The van der Waals surface area contributed by atoms with Crippen LogP contribution in [-0.2, 0) is 20.5 Å². The lowest BCUT2D eigenvalue weighted by atomic mass is 10.1. The first kappa shape index (κ1) is 16.3. The Labute approximate surface area is 144 Å². The highest BCUT2D eigenvalue weighted by Gasteiger charge is 2.11. The Morgan fingerprint density at radius 2 is 1.71 bits per heavy atom. The van der Waals surface area contributed by atoms with Gasteiger partial charge in [0.1, 0.15) is 0 Å². The number of hydrogen-bond acceptors (Lipinski definition) is 2. The van der Waals surface area contributed by atoms with Crippen LogP contribution >= 0.6 is 11.6 Å². The number of carbonyl (C=O) groups excluding carboxylic acids is 1. The largest absolute Gasteiger partial charge is 0.352 e. The summed E-state index contributed by atoms with van der Waals surface area (Å²) in [6.45, 7) is 0.534. The molecule has 1 aromatic heterocycles. The van der Waals surface area contributed by atoms with Crippen LogP contribution in [0.15, 0.2) is 47.3 Å². The van der Waals surface area contributed by atoms with Crippen LogP contribution in [0.1, 0.15) is 15.9 Å². The molecule has 0 atom stereocenters. The van der Waals surface area contributed by atoms with Crippen molar-refractivity contribution in [2.24, 2.45) is 14.1 Å². The van der Waals surface area contributed by atoms with Crippen molar-refractivity contribution >= 4 is 28.5 Å². The number of rotatable bonds is 4. The van der Waals surface area contributed by atoms with Gasteiger partial charge in [0.25, 0.3) is 5.91 Å². The lowest BCUT2D eigenvalue weighted by Crippen LogP contribution is -2.25. The summed E-state index contributed by atoms with van der Waals surface area (Å²) in [6.07, 6.45) is 0.731. The molecule has 6 heteroatoms. The van der Waals surface area contributed by atoms with Gasteiger partial charge in [0.05, 0.1) is 11.0 Å². The first-order chi connectivity index (χ1) is 11.5. The second-order valence-corrected chi connectivity index (χ2v) is 6.17. The number of nitrogens with one attached hydrogen (secondary N) is 1. The molecule has 0 spiro atoms. The maximum absolute atomic E-state index is 12.3. The molecular formula is C18H18ClN3O2. The average molecular weight is 344 g/mol. The third-order valence-corrected chi connectivity index (χ3v) is 4.40. The number of aromatic nitrogens is 2. The average Bonchev–Trinajstić information content (AvgIpc) is 2.81. The van der Waals surface area contributed by atoms with E-state index in [0.29, 0.717) is 17.1 Å². The Bertz CT molecular complexity index is 955. The molecule has 0 bridgehead atoms. The van der Waals surface area contributed by atoms with E-state index in [-0.39, 0.29) is 11.6 Å². The van der Waals surface area contributed by atoms with Crippen molar-refractivity contribution < 1.29 is 4.79 Å². The van der Waals surface area contributed by atoms with Gasteiger partial charge in [-0.25, -0.2) is 4.79 Å². The lowest BCUT2D eigenvalue weighted by Gasteiger charge is -2.06. The third-order valence-electron chi connectivity index (χ3n) is 4.15. The Hall–Kier alpha value is -2.53. The summed E-state index contributed by atoms with van der Waals surface area (Å²) in [7, 11) is 3.42. The van der Waals surface area contributed by atoms with E-state index < -0.39 is 0 Å². The minimum Gasteiger partial charge on any atom is -0.352 e. The summed E-state index contributed by atoms with van der Waals surface area (Å²) >= 11 is 5.85. The van der Waals surface area contributed by atoms with Crippen molar-refractivity contribution in [1.82, 2.24) is 14.5 Å². The smallest absolute Gasteiger partial charge is 0.328 e. The molecule has 0 saturated carbocycles. The number of hydrogen-bond donors (Lipinski definition) is 1. The lowest BCUT2D eigenvalue weighted by molar-refractivity contribution is 0.0954. The molecule has 0 radical (unpaired) electrons. The number of imidazole rings is 1. The Morgan fingerprint density at radius 1 is 1.04 bits per heavy atom. The second-order valence-electron chi connectivity index (χ2n) is 5.74. The van der Waals surface area contributed by atoms with E-state index in [1.54, 1.807) is 41.4 Å². The standard InChI is InChI=1S/C18H18ClN3O2/c1-21-15-8-5-13(11-16(15)22(2)18(21)24)17(23)20-10-9-12-3-6-14(19)7-4-12/h3-8,11H,9-10H2,1-2H3,(H,20,23). The van der Waals surface area contributed by atoms with Gasteiger partial charge in [-0.05, 0) is 42.3 Å². The fourth-order valence-electron chi connectivity index (χ4n) is 2.72. The predicted octanol–water partition coefficient (Wildman–Crippen LogP) is 2.50. The van der Waals surface area contributed by atoms with Crippen molar-refractivity contribution in [3.05, 3.63) is 69.1 Å².